The third-order valence-electron chi connectivity index (χ3n) is 4.24. The van der Waals surface area contributed by atoms with Crippen LogP contribution in [-0.2, 0) is 0 Å². The molecule has 1 atom stereocenters. The van der Waals surface area contributed by atoms with Crippen LogP contribution in [0.25, 0.3) is 0 Å². The van der Waals surface area contributed by atoms with Crippen molar-refractivity contribution in [2.45, 2.75) is 58.4 Å². The molecule has 19 heavy (non-hydrogen) atoms. The zero-order valence-electron chi connectivity index (χ0n) is 11.8. The summed E-state index contributed by atoms with van der Waals surface area (Å²) >= 11 is 11.6. The van der Waals surface area contributed by atoms with Crippen molar-refractivity contribution in [1.82, 2.24) is 5.32 Å². The van der Waals surface area contributed by atoms with E-state index in [0.717, 1.165) is 15.4 Å². The topological polar surface area (TPSA) is 12.0 Å². The lowest BCUT2D eigenvalue weighted by Crippen LogP contribution is -2.37. The van der Waals surface area contributed by atoms with Crippen molar-refractivity contribution in [3.63, 3.8) is 0 Å². The Morgan fingerprint density at radius 2 is 2.11 bits per heavy atom. The predicted octanol–water partition coefficient (Wildman–Crippen LogP) is 6.18. The Balaban J connectivity index is 2.23. The summed E-state index contributed by atoms with van der Waals surface area (Å²) in [5, 5.41) is 4.62. The van der Waals surface area contributed by atoms with Gasteiger partial charge >= 0.3 is 0 Å². The summed E-state index contributed by atoms with van der Waals surface area (Å²) in [6, 6.07) is 2.59. The Morgan fingerprint density at radius 1 is 1.42 bits per heavy atom. The molecule has 1 nitrogen and oxygen atoms in total. The van der Waals surface area contributed by atoms with Crippen molar-refractivity contribution >= 4 is 38.9 Å². The van der Waals surface area contributed by atoms with Crippen LogP contribution >= 0.6 is 38.9 Å². The molecule has 0 amide bonds. The molecule has 4 heteroatoms. The van der Waals surface area contributed by atoms with Crippen LogP contribution in [0.4, 0.5) is 0 Å². The maximum Gasteiger partial charge on any atom is 0.0888 e. The van der Waals surface area contributed by atoms with Crippen LogP contribution in [0, 0.1) is 5.41 Å². The minimum atomic E-state index is 0.376. The smallest absolute Gasteiger partial charge is 0.0888 e. The summed E-state index contributed by atoms with van der Waals surface area (Å²) in [5.41, 5.74) is 0.376. The second-order valence-corrected chi connectivity index (χ2v) is 8.68. The molecule has 1 aromatic heterocycles. The zero-order valence-corrected chi connectivity index (χ0v) is 14.9. The van der Waals surface area contributed by atoms with Crippen LogP contribution in [0.15, 0.2) is 9.85 Å². The summed E-state index contributed by atoms with van der Waals surface area (Å²) in [7, 11) is 0. The number of halogens is 2. The normalized spacial score (nSPS) is 20.4. The van der Waals surface area contributed by atoms with Crippen LogP contribution in [0.2, 0.25) is 5.02 Å². The van der Waals surface area contributed by atoms with Gasteiger partial charge in [0, 0.05) is 10.9 Å². The van der Waals surface area contributed by atoms with Gasteiger partial charge in [-0.3, -0.25) is 0 Å². The maximum absolute atomic E-state index is 6.23. The first-order valence-electron chi connectivity index (χ1n) is 7.25. The highest BCUT2D eigenvalue weighted by Gasteiger charge is 2.37. The number of thiophene rings is 1. The molecule has 1 saturated carbocycles. The van der Waals surface area contributed by atoms with Gasteiger partial charge in [0.15, 0.2) is 0 Å². The molecule has 0 aliphatic heterocycles. The molecule has 0 saturated heterocycles. The number of nitrogens with one attached hydrogen (secondary N) is 1. The van der Waals surface area contributed by atoms with E-state index < -0.39 is 0 Å². The molecule has 1 fully saturated rings. The second-order valence-electron chi connectivity index (χ2n) is 5.87. The second kappa shape index (κ2) is 6.93. The van der Waals surface area contributed by atoms with Gasteiger partial charge in [0.25, 0.3) is 0 Å². The van der Waals surface area contributed by atoms with E-state index in [-0.39, 0.29) is 0 Å². The Hall–Kier alpha value is 0.430. The largest absolute Gasteiger partial charge is 0.309 e. The van der Waals surface area contributed by atoms with E-state index in [1.807, 2.05) is 0 Å². The lowest BCUT2D eigenvalue weighted by Gasteiger charge is -2.41. The fourth-order valence-electron chi connectivity index (χ4n) is 3.13. The Labute approximate surface area is 134 Å². The van der Waals surface area contributed by atoms with E-state index in [9.17, 15) is 0 Å². The summed E-state index contributed by atoms with van der Waals surface area (Å²) in [4.78, 5) is 1.38. The Bertz CT molecular complexity index is 393. The summed E-state index contributed by atoms with van der Waals surface area (Å²) in [6.07, 6.45) is 7.93. The SMILES string of the molecule is CCCNC(c1cc(Cl)c(Br)s1)C1(C)CCCCC1. The van der Waals surface area contributed by atoms with Crippen LogP contribution in [0.1, 0.15) is 63.3 Å². The van der Waals surface area contributed by atoms with Gasteiger partial charge < -0.3 is 5.32 Å². The first-order valence-corrected chi connectivity index (χ1v) is 9.23. The molecular formula is C15H23BrClNS. The lowest BCUT2D eigenvalue weighted by molar-refractivity contribution is 0.147. The molecule has 0 radical (unpaired) electrons. The van der Waals surface area contributed by atoms with Crippen molar-refractivity contribution in [2.75, 3.05) is 6.54 Å². The summed E-state index contributed by atoms with van der Waals surface area (Å²) in [6.45, 7) is 5.75. The molecule has 1 aromatic rings. The van der Waals surface area contributed by atoms with Crippen molar-refractivity contribution in [3.05, 3.63) is 19.8 Å². The predicted molar refractivity (Wildman–Crippen MR) is 89.3 cm³/mol. The zero-order chi connectivity index (χ0) is 13.9. The molecule has 0 spiro atoms. The molecule has 2 rings (SSSR count). The van der Waals surface area contributed by atoms with Gasteiger partial charge in [-0.2, -0.15) is 0 Å². The van der Waals surface area contributed by atoms with E-state index in [2.05, 4.69) is 41.2 Å². The van der Waals surface area contributed by atoms with Gasteiger partial charge in [0.1, 0.15) is 0 Å². The Kier molecular flexibility index (Phi) is 5.77. The molecule has 1 aliphatic rings. The van der Waals surface area contributed by atoms with Crippen LogP contribution in [0.5, 0.6) is 0 Å². The van der Waals surface area contributed by atoms with E-state index in [1.54, 1.807) is 11.3 Å². The third kappa shape index (κ3) is 3.75. The Morgan fingerprint density at radius 3 is 2.63 bits per heavy atom. The number of hydrogen-bond donors (Lipinski definition) is 1. The minimum absolute atomic E-state index is 0.376. The van der Waals surface area contributed by atoms with E-state index in [0.29, 0.717) is 11.5 Å². The summed E-state index contributed by atoms with van der Waals surface area (Å²) in [5.74, 6) is 0. The standard InChI is InChI=1S/C15H23BrClNS/c1-3-9-18-13(12-10-11(17)14(16)19-12)15(2)7-5-4-6-8-15/h10,13,18H,3-9H2,1-2H3. The molecule has 0 bridgehead atoms. The van der Waals surface area contributed by atoms with Crippen molar-refractivity contribution in [3.8, 4) is 0 Å². The molecular weight excluding hydrogens is 342 g/mol. The highest BCUT2D eigenvalue weighted by Crippen LogP contribution is 2.48. The molecule has 0 aromatic carbocycles. The van der Waals surface area contributed by atoms with Gasteiger partial charge in [0.2, 0.25) is 0 Å². The highest BCUT2D eigenvalue weighted by molar-refractivity contribution is 9.11. The highest BCUT2D eigenvalue weighted by atomic mass is 79.9. The van der Waals surface area contributed by atoms with Crippen molar-refractivity contribution in [2.24, 2.45) is 5.41 Å². The van der Waals surface area contributed by atoms with Crippen molar-refractivity contribution in [1.29, 1.82) is 0 Å². The fourth-order valence-corrected chi connectivity index (χ4v) is 5.13. The van der Waals surface area contributed by atoms with Gasteiger partial charge in [-0.15, -0.1) is 11.3 Å². The molecule has 1 heterocycles. The van der Waals surface area contributed by atoms with Gasteiger partial charge in [-0.1, -0.05) is 44.7 Å². The van der Waals surface area contributed by atoms with Crippen molar-refractivity contribution < 1.29 is 0 Å². The third-order valence-corrected chi connectivity index (χ3v) is 6.78. The first-order chi connectivity index (χ1) is 9.07. The number of hydrogen-bond acceptors (Lipinski definition) is 2. The van der Waals surface area contributed by atoms with E-state index in [4.69, 9.17) is 11.6 Å². The van der Waals surface area contributed by atoms with Crippen LogP contribution < -0.4 is 5.32 Å². The first kappa shape index (κ1) is 15.8. The average Bonchev–Trinajstić information content (AvgIpc) is 2.70. The van der Waals surface area contributed by atoms with E-state index in [1.165, 1.54) is 43.4 Å². The molecule has 1 N–H and O–H groups in total. The number of rotatable bonds is 5. The van der Waals surface area contributed by atoms with E-state index >= 15 is 0 Å². The minimum Gasteiger partial charge on any atom is -0.309 e. The lowest BCUT2D eigenvalue weighted by atomic mass is 9.70. The van der Waals surface area contributed by atoms with Gasteiger partial charge in [-0.05, 0) is 53.2 Å². The monoisotopic (exact) mass is 363 g/mol. The fraction of sp³-hybridized carbons (Fsp3) is 0.733. The van der Waals surface area contributed by atoms with Gasteiger partial charge in [0.05, 0.1) is 8.81 Å². The average molecular weight is 365 g/mol. The van der Waals surface area contributed by atoms with Gasteiger partial charge in [-0.25, -0.2) is 0 Å². The van der Waals surface area contributed by atoms with Crippen LogP contribution in [0.3, 0.4) is 0 Å². The maximum atomic E-state index is 6.23. The quantitative estimate of drug-likeness (QED) is 0.658. The molecule has 1 aliphatic carbocycles. The van der Waals surface area contributed by atoms with Crippen LogP contribution in [-0.4, -0.2) is 6.54 Å². The summed E-state index contributed by atoms with van der Waals surface area (Å²) < 4.78 is 1.06. The molecule has 108 valence electrons. The molecule has 1 unspecified atom stereocenters.